The topological polar surface area (TPSA) is 71.8 Å². The highest BCUT2D eigenvalue weighted by Crippen LogP contribution is 2.18. The van der Waals surface area contributed by atoms with Gasteiger partial charge in [0.05, 0.1) is 11.6 Å². The van der Waals surface area contributed by atoms with Crippen LogP contribution in [0.2, 0.25) is 0 Å². The highest BCUT2D eigenvalue weighted by atomic mass is 16.1. The van der Waals surface area contributed by atoms with Crippen LogP contribution < -0.4 is 5.73 Å². The van der Waals surface area contributed by atoms with Gasteiger partial charge >= 0.3 is 0 Å². The number of hydrogen-bond donors (Lipinski definition) is 2. The van der Waals surface area contributed by atoms with E-state index in [9.17, 15) is 4.79 Å². The maximum atomic E-state index is 11.7. The Morgan fingerprint density at radius 2 is 2.27 bits per heavy atom. The van der Waals surface area contributed by atoms with Gasteiger partial charge in [-0.3, -0.25) is 9.89 Å². The third kappa shape index (κ3) is 1.64. The number of carbonyl (C=O) groups excluding carboxylic acids is 1. The van der Waals surface area contributed by atoms with Gasteiger partial charge in [-0.2, -0.15) is 5.10 Å². The van der Waals surface area contributed by atoms with Gasteiger partial charge in [0.25, 0.3) is 0 Å². The van der Waals surface area contributed by atoms with Crippen molar-refractivity contribution in [2.75, 3.05) is 0 Å². The molecule has 0 saturated heterocycles. The minimum absolute atomic E-state index is 0.133. The van der Waals surface area contributed by atoms with Crippen molar-refractivity contribution in [3.05, 3.63) is 29.5 Å². The summed E-state index contributed by atoms with van der Waals surface area (Å²) in [5, 5.41) is 7.67. The van der Waals surface area contributed by atoms with Crippen molar-refractivity contribution in [3.63, 3.8) is 0 Å². The Morgan fingerprint density at radius 3 is 2.93 bits per heavy atom. The number of aromatic nitrogens is 2. The van der Waals surface area contributed by atoms with E-state index in [1.807, 2.05) is 25.1 Å². The summed E-state index contributed by atoms with van der Waals surface area (Å²) in [6, 6.07) is 5.31. The highest BCUT2D eigenvalue weighted by Gasteiger charge is 2.17. The molecule has 0 aliphatic carbocycles. The first-order valence-corrected chi connectivity index (χ1v) is 4.84. The van der Waals surface area contributed by atoms with Crippen molar-refractivity contribution in [2.24, 2.45) is 5.73 Å². The normalized spacial score (nSPS) is 13.0. The number of nitrogens with one attached hydrogen (secondary N) is 1. The lowest BCUT2D eigenvalue weighted by molar-refractivity contribution is 0.0964. The minimum Gasteiger partial charge on any atom is -0.321 e. The number of H-pyrrole nitrogens is 1. The summed E-state index contributed by atoms with van der Waals surface area (Å²) in [4.78, 5) is 11.7. The number of ketones is 1. The van der Waals surface area contributed by atoms with E-state index in [2.05, 4.69) is 10.2 Å². The molecule has 2 rings (SSSR count). The highest BCUT2D eigenvalue weighted by molar-refractivity contribution is 6.08. The first kappa shape index (κ1) is 9.86. The smallest absolute Gasteiger partial charge is 0.200 e. The van der Waals surface area contributed by atoms with Crippen LogP contribution in [-0.2, 0) is 0 Å². The number of aromatic amines is 1. The van der Waals surface area contributed by atoms with E-state index in [0.29, 0.717) is 5.69 Å². The third-order valence-corrected chi connectivity index (χ3v) is 2.37. The molecule has 15 heavy (non-hydrogen) atoms. The van der Waals surface area contributed by atoms with Gasteiger partial charge in [-0.15, -0.1) is 0 Å². The fourth-order valence-corrected chi connectivity index (χ4v) is 1.53. The zero-order valence-electron chi connectivity index (χ0n) is 8.74. The molecule has 1 aromatic carbocycles. The Morgan fingerprint density at radius 1 is 1.53 bits per heavy atom. The first-order valence-electron chi connectivity index (χ1n) is 4.84. The van der Waals surface area contributed by atoms with Crippen LogP contribution in [0.3, 0.4) is 0 Å². The van der Waals surface area contributed by atoms with Crippen molar-refractivity contribution >= 4 is 16.7 Å². The van der Waals surface area contributed by atoms with E-state index < -0.39 is 6.04 Å². The maximum Gasteiger partial charge on any atom is 0.200 e. The number of rotatable bonds is 2. The summed E-state index contributed by atoms with van der Waals surface area (Å²) < 4.78 is 0. The predicted octanol–water partition coefficient (Wildman–Crippen LogP) is 1.40. The molecule has 2 aromatic rings. The van der Waals surface area contributed by atoms with Crippen molar-refractivity contribution in [1.29, 1.82) is 0 Å². The van der Waals surface area contributed by atoms with Gasteiger partial charge in [-0.1, -0.05) is 11.6 Å². The molecular formula is C11H13N3O. The van der Waals surface area contributed by atoms with Crippen molar-refractivity contribution in [2.45, 2.75) is 19.9 Å². The zero-order chi connectivity index (χ0) is 11.0. The lowest BCUT2D eigenvalue weighted by Gasteiger charge is -2.00. The number of aryl methyl sites for hydroxylation is 1. The molecule has 0 aliphatic heterocycles. The molecule has 3 N–H and O–H groups in total. The largest absolute Gasteiger partial charge is 0.321 e. The lowest BCUT2D eigenvalue weighted by Crippen LogP contribution is -2.27. The van der Waals surface area contributed by atoms with Gasteiger partial charge in [0.15, 0.2) is 5.78 Å². The quantitative estimate of drug-likeness (QED) is 0.725. The lowest BCUT2D eigenvalue weighted by atomic mass is 10.1. The number of nitrogens with zero attached hydrogens (tertiary/aromatic N) is 1. The van der Waals surface area contributed by atoms with E-state index in [-0.39, 0.29) is 5.78 Å². The minimum atomic E-state index is -0.517. The van der Waals surface area contributed by atoms with E-state index >= 15 is 0 Å². The Labute approximate surface area is 87.5 Å². The number of fused-ring (bicyclic) bond motifs is 1. The molecule has 4 nitrogen and oxygen atoms in total. The van der Waals surface area contributed by atoms with Crippen LogP contribution in [0.25, 0.3) is 10.9 Å². The first-order chi connectivity index (χ1) is 7.09. The second-order valence-electron chi connectivity index (χ2n) is 3.77. The van der Waals surface area contributed by atoms with Crippen LogP contribution in [0.5, 0.6) is 0 Å². The molecule has 0 saturated carbocycles. The molecule has 0 amide bonds. The van der Waals surface area contributed by atoms with Crippen LogP contribution in [0.1, 0.15) is 23.0 Å². The number of hydrogen-bond acceptors (Lipinski definition) is 3. The summed E-state index contributed by atoms with van der Waals surface area (Å²) in [6.07, 6.45) is 0. The van der Waals surface area contributed by atoms with Gasteiger partial charge in [-0.25, -0.2) is 0 Å². The number of carbonyl (C=O) groups is 1. The Balaban J connectivity index is 2.62. The average molecular weight is 203 g/mol. The fourth-order valence-electron chi connectivity index (χ4n) is 1.53. The van der Waals surface area contributed by atoms with E-state index in [4.69, 9.17) is 5.73 Å². The maximum absolute atomic E-state index is 11.7. The predicted molar refractivity (Wildman–Crippen MR) is 58.8 cm³/mol. The summed E-state index contributed by atoms with van der Waals surface area (Å²) in [5.41, 5.74) is 7.95. The molecule has 1 aromatic heterocycles. The molecule has 0 bridgehead atoms. The molecule has 0 fully saturated rings. The second kappa shape index (κ2) is 3.47. The van der Waals surface area contributed by atoms with Gasteiger partial charge in [0, 0.05) is 5.39 Å². The molecule has 0 aliphatic rings. The Bertz CT molecular complexity index is 514. The fraction of sp³-hybridized carbons (Fsp3) is 0.273. The Kier molecular flexibility index (Phi) is 2.28. The molecule has 1 atom stereocenters. The molecule has 1 unspecified atom stereocenters. The van der Waals surface area contributed by atoms with Gasteiger partial charge in [-0.05, 0) is 26.0 Å². The standard InChI is InChI=1S/C11H13N3O/c1-6-3-4-9-8(5-6)10(14-13-9)11(15)7(2)12/h3-5,7H,12H2,1-2H3,(H,13,14). The van der Waals surface area contributed by atoms with Crippen molar-refractivity contribution in [1.82, 2.24) is 10.2 Å². The van der Waals surface area contributed by atoms with Gasteiger partial charge in [0.1, 0.15) is 5.69 Å². The molecule has 0 spiro atoms. The summed E-state index contributed by atoms with van der Waals surface area (Å²) >= 11 is 0. The summed E-state index contributed by atoms with van der Waals surface area (Å²) in [6.45, 7) is 3.64. The molecule has 78 valence electrons. The monoisotopic (exact) mass is 203 g/mol. The SMILES string of the molecule is Cc1ccc2[nH]nc(C(=O)C(C)N)c2c1. The summed E-state index contributed by atoms with van der Waals surface area (Å²) in [5.74, 6) is -0.133. The van der Waals surface area contributed by atoms with Crippen LogP contribution in [-0.4, -0.2) is 22.0 Å². The number of Topliss-reactive ketones (excluding diaryl/α,β-unsaturated/α-hetero) is 1. The Hall–Kier alpha value is -1.68. The average Bonchev–Trinajstić information content (AvgIpc) is 2.59. The van der Waals surface area contributed by atoms with Gasteiger partial charge in [0.2, 0.25) is 0 Å². The van der Waals surface area contributed by atoms with Crippen LogP contribution in [0.4, 0.5) is 0 Å². The van der Waals surface area contributed by atoms with Crippen LogP contribution >= 0.6 is 0 Å². The van der Waals surface area contributed by atoms with Gasteiger partial charge < -0.3 is 5.73 Å². The molecule has 0 radical (unpaired) electrons. The van der Waals surface area contributed by atoms with E-state index in [1.54, 1.807) is 6.92 Å². The molecule has 1 heterocycles. The van der Waals surface area contributed by atoms with Crippen molar-refractivity contribution in [3.8, 4) is 0 Å². The summed E-state index contributed by atoms with van der Waals surface area (Å²) in [7, 11) is 0. The van der Waals surface area contributed by atoms with E-state index in [0.717, 1.165) is 16.5 Å². The van der Waals surface area contributed by atoms with Crippen LogP contribution in [0, 0.1) is 6.92 Å². The number of nitrogens with two attached hydrogens (primary N) is 1. The van der Waals surface area contributed by atoms with E-state index in [1.165, 1.54) is 0 Å². The molecular weight excluding hydrogens is 190 g/mol. The zero-order valence-corrected chi connectivity index (χ0v) is 8.74. The third-order valence-electron chi connectivity index (χ3n) is 2.37. The molecule has 4 heteroatoms. The number of benzene rings is 1. The van der Waals surface area contributed by atoms with Crippen LogP contribution in [0.15, 0.2) is 18.2 Å². The second-order valence-corrected chi connectivity index (χ2v) is 3.77. The van der Waals surface area contributed by atoms with Crippen molar-refractivity contribution < 1.29 is 4.79 Å².